The van der Waals surface area contributed by atoms with Gasteiger partial charge in [-0.1, -0.05) is 110 Å². The first kappa shape index (κ1) is 34.0. The minimum Gasteiger partial charge on any atom is -0.490 e. The number of ketones is 1. The van der Waals surface area contributed by atoms with Crippen LogP contribution in [0.5, 0.6) is 11.5 Å². The molecular formula is C36H54O3S. The topological polar surface area (TPSA) is 35.5 Å². The highest BCUT2D eigenvalue weighted by atomic mass is 32.2. The molecule has 0 aliphatic rings. The van der Waals surface area contributed by atoms with E-state index >= 15 is 0 Å². The third-order valence-corrected chi connectivity index (χ3v) is 8.24. The van der Waals surface area contributed by atoms with E-state index in [0.717, 1.165) is 42.1 Å². The van der Waals surface area contributed by atoms with Crippen molar-refractivity contribution in [3.05, 3.63) is 59.7 Å². The van der Waals surface area contributed by atoms with Gasteiger partial charge in [0.15, 0.2) is 17.3 Å². The Morgan fingerprint density at radius 2 is 1.20 bits per heavy atom. The summed E-state index contributed by atoms with van der Waals surface area (Å²) in [5.41, 5.74) is 1.66. The zero-order chi connectivity index (χ0) is 28.7. The van der Waals surface area contributed by atoms with Crippen LogP contribution in [0.15, 0.2) is 53.4 Å². The number of carbonyl (C=O) groups excluding carboxylic acids is 1. The van der Waals surface area contributed by atoms with E-state index in [1.54, 1.807) is 6.08 Å². The second-order valence-corrected chi connectivity index (χ2v) is 11.9. The lowest BCUT2D eigenvalue weighted by atomic mass is 10.1. The Hall–Kier alpha value is -2.20. The van der Waals surface area contributed by atoms with Gasteiger partial charge in [-0.15, -0.1) is 11.8 Å². The van der Waals surface area contributed by atoms with Crippen LogP contribution in [0.4, 0.5) is 0 Å². The van der Waals surface area contributed by atoms with E-state index in [0.29, 0.717) is 18.8 Å². The van der Waals surface area contributed by atoms with Crippen LogP contribution >= 0.6 is 11.8 Å². The van der Waals surface area contributed by atoms with Gasteiger partial charge in [0.25, 0.3) is 0 Å². The number of hydrogen-bond acceptors (Lipinski definition) is 4. The molecule has 4 heteroatoms. The first-order valence-electron chi connectivity index (χ1n) is 16.0. The number of ether oxygens (including phenoxy) is 2. The minimum atomic E-state index is 0.0110. The van der Waals surface area contributed by atoms with Crippen LogP contribution in [0, 0.1) is 0 Å². The fourth-order valence-electron chi connectivity index (χ4n) is 4.55. The molecule has 222 valence electrons. The predicted molar refractivity (Wildman–Crippen MR) is 174 cm³/mol. The molecule has 0 atom stereocenters. The maximum atomic E-state index is 12.8. The lowest BCUT2D eigenvalue weighted by Gasteiger charge is -2.14. The Labute approximate surface area is 249 Å². The van der Waals surface area contributed by atoms with Crippen molar-refractivity contribution in [1.29, 1.82) is 0 Å². The van der Waals surface area contributed by atoms with Crippen molar-refractivity contribution in [2.75, 3.05) is 19.0 Å². The number of unbranched alkanes of at least 4 members (excludes halogenated alkanes) is 12. The van der Waals surface area contributed by atoms with Crippen LogP contribution in [-0.4, -0.2) is 24.7 Å². The Morgan fingerprint density at radius 3 is 1.77 bits per heavy atom. The Morgan fingerprint density at radius 1 is 0.650 bits per heavy atom. The van der Waals surface area contributed by atoms with E-state index in [4.69, 9.17) is 9.47 Å². The molecule has 3 nitrogen and oxygen atoms in total. The van der Waals surface area contributed by atoms with Gasteiger partial charge in [0, 0.05) is 10.5 Å². The van der Waals surface area contributed by atoms with Crippen molar-refractivity contribution in [2.24, 2.45) is 0 Å². The summed E-state index contributed by atoms with van der Waals surface area (Å²) < 4.78 is 12.4. The maximum absolute atomic E-state index is 12.8. The average molecular weight is 567 g/mol. The first-order chi connectivity index (χ1) is 19.7. The van der Waals surface area contributed by atoms with Crippen molar-refractivity contribution in [2.45, 2.75) is 122 Å². The quantitative estimate of drug-likeness (QED) is 0.0548. The molecule has 0 spiro atoms. The molecule has 0 unspecified atom stereocenters. The Bertz CT molecular complexity index is 951. The van der Waals surface area contributed by atoms with Crippen LogP contribution in [0.2, 0.25) is 0 Å². The van der Waals surface area contributed by atoms with Gasteiger partial charge in [-0.25, -0.2) is 0 Å². The molecule has 0 heterocycles. The number of hydrogen-bond donors (Lipinski definition) is 0. The van der Waals surface area contributed by atoms with Crippen LogP contribution in [0.3, 0.4) is 0 Å². The molecule has 0 bridgehead atoms. The van der Waals surface area contributed by atoms with Crippen molar-refractivity contribution in [3.8, 4) is 11.5 Å². The van der Waals surface area contributed by atoms with E-state index < -0.39 is 0 Å². The van der Waals surface area contributed by atoms with E-state index in [9.17, 15) is 4.79 Å². The van der Waals surface area contributed by atoms with E-state index in [2.05, 4.69) is 20.8 Å². The summed E-state index contributed by atoms with van der Waals surface area (Å²) in [4.78, 5) is 14.0. The van der Waals surface area contributed by atoms with Crippen LogP contribution in [0.25, 0.3) is 6.08 Å². The lowest BCUT2D eigenvalue weighted by molar-refractivity contribution is 0.104. The van der Waals surface area contributed by atoms with Crippen molar-refractivity contribution < 1.29 is 14.3 Å². The standard InChI is InChI=1S/C36H54O3S/c1-4-7-9-11-13-15-17-27-38-35-26-20-31(30-36(35)39-28-18-16-14-12-10-8-5-2)19-25-34(37)32-21-23-33(24-22-32)40-29-6-3/h19-26,30H,4-18,27-29H2,1-3H3. The molecule has 2 rings (SSSR count). The molecule has 0 saturated heterocycles. The fourth-order valence-corrected chi connectivity index (χ4v) is 5.31. The van der Waals surface area contributed by atoms with Crippen LogP contribution in [-0.2, 0) is 0 Å². The van der Waals surface area contributed by atoms with E-state index in [1.165, 1.54) is 81.9 Å². The molecule has 0 amide bonds. The van der Waals surface area contributed by atoms with Crippen LogP contribution < -0.4 is 9.47 Å². The largest absolute Gasteiger partial charge is 0.490 e. The van der Waals surface area contributed by atoms with Crippen molar-refractivity contribution >= 4 is 23.6 Å². The molecule has 0 radical (unpaired) electrons. The third kappa shape index (κ3) is 15.0. The van der Waals surface area contributed by atoms with E-state index in [-0.39, 0.29) is 5.78 Å². The van der Waals surface area contributed by atoms with Gasteiger partial charge in [0.1, 0.15) is 0 Å². The third-order valence-electron chi connectivity index (χ3n) is 7.02. The maximum Gasteiger partial charge on any atom is 0.185 e. The summed E-state index contributed by atoms with van der Waals surface area (Å²) in [6.45, 7) is 8.09. The Balaban J connectivity index is 1.93. The SMILES string of the molecule is CCCCCCCCCOc1ccc(C=CC(=O)c2ccc(SCCC)cc2)cc1OCCCCCCCCC. The number of rotatable bonds is 24. The average Bonchev–Trinajstić information content (AvgIpc) is 2.98. The summed E-state index contributed by atoms with van der Waals surface area (Å²) >= 11 is 1.82. The highest BCUT2D eigenvalue weighted by Crippen LogP contribution is 2.30. The van der Waals surface area contributed by atoms with E-state index in [1.807, 2.05) is 60.3 Å². The minimum absolute atomic E-state index is 0.0110. The molecule has 0 aliphatic carbocycles. The monoisotopic (exact) mass is 566 g/mol. The normalized spacial score (nSPS) is 11.3. The van der Waals surface area contributed by atoms with Crippen molar-refractivity contribution in [1.82, 2.24) is 0 Å². The highest BCUT2D eigenvalue weighted by molar-refractivity contribution is 7.99. The molecule has 2 aromatic rings. The summed E-state index contributed by atoms with van der Waals surface area (Å²) in [5.74, 6) is 2.69. The first-order valence-corrected chi connectivity index (χ1v) is 17.0. The van der Waals surface area contributed by atoms with Gasteiger partial charge in [-0.2, -0.15) is 0 Å². The van der Waals surface area contributed by atoms with Gasteiger partial charge in [-0.05, 0) is 73.1 Å². The smallest absolute Gasteiger partial charge is 0.185 e. The summed E-state index contributed by atoms with van der Waals surface area (Å²) in [6, 6.07) is 13.9. The van der Waals surface area contributed by atoms with Crippen LogP contribution in [0.1, 0.15) is 133 Å². The molecule has 2 aromatic carbocycles. The second kappa shape index (κ2) is 22.5. The van der Waals surface area contributed by atoms with Gasteiger partial charge < -0.3 is 9.47 Å². The number of thioether (sulfide) groups is 1. The molecular weight excluding hydrogens is 512 g/mol. The van der Waals surface area contributed by atoms with Gasteiger partial charge in [-0.3, -0.25) is 4.79 Å². The molecule has 0 aliphatic heterocycles. The number of allylic oxidation sites excluding steroid dienone is 1. The zero-order valence-corrected chi connectivity index (χ0v) is 26.4. The molecule has 0 saturated carbocycles. The Kier molecular flexibility index (Phi) is 19.1. The fraction of sp³-hybridized carbons (Fsp3) is 0.583. The predicted octanol–water partition coefficient (Wildman–Crippen LogP) is 11.3. The summed E-state index contributed by atoms with van der Waals surface area (Å²) in [7, 11) is 0. The summed E-state index contributed by atoms with van der Waals surface area (Å²) in [5, 5.41) is 0. The van der Waals surface area contributed by atoms with Gasteiger partial charge in [0.05, 0.1) is 13.2 Å². The molecule has 40 heavy (non-hydrogen) atoms. The zero-order valence-electron chi connectivity index (χ0n) is 25.6. The van der Waals surface area contributed by atoms with Gasteiger partial charge in [0.2, 0.25) is 0 Å². The molecule has 0 aromatic heterocycles. The number of benzene rings is 2. The van der Waals surface area contributed by atoms with Gasteiger partial charge >= 0.3 is 0 Å². The second-order valence-electron chi connectivity index (χ2n) is 10.7. The number of carbonyl (C=O) groups is 1. The highest BCUT2D eigenvalue weighted by Gasteiger charge is 2.08. The summed E-state index contributed by atoms with van der Waals surface area (Å²) in [6.07, 6.45) is 22.3. The molecule has 0 N–H and O–H groups in total. The van der Waals surface area contributed by atoms with Crippen molar-refractivity contribution in [3.63, 3.8) is 0 Å². The molecule has 0 fully saturated rings. The lowest BCUT2D eigenvalue weighted by Crippen LogP contribution is -2.03.